The van der Waals surface area contributed by atoms with Crippen molar-refractivity contribution in [2.75, 3.05) is 27.2 Å². The zero-order valence-corrected chi connectivity index (χ0v) is 14.8. The van der Waals surface area contributed by atoms with Crippen LogP contribution in [-0.2, 0) is 10.0 Å². The van der Waals surface area contributed by atoms with Gasteiger partial charge in [0.2, 0.25) is 10.0 Å². The maximum Gasteiger partial charge on any atom is 0.336 e. The molecule has 21 heavy (non-hydrogen) atoms. The third-order valence-corrected chi connectivity index (χ3v) is 6.46. The number of carboxylic acid groups (broad SMARTS) is 1. The summed E-state index contributed by atoms with van der Waals surface area (Å²) >= 11 is 1.88. The predicted molar refractivity (Wildman–Crippen MR) is 87.0 cm³/mol. The van der Waals surface area contributed by atoms with Crippen molar-refractivity contribution in [1.82, 2.24) is 9.21 Å². The van der Waals surface area contributed by atoms with Crippen LogP contribution in [0.4, 0.5) is 0 Å². The van der Waals surface area contributed by atoms with Crippen molar-refractivity contribution in [3.8, 4) is 0 Å². The van der Waals surface area contributed by atoms with Crippen LogP contribution < -0.4 is 0 Å². The summed E-state index contributed by atoms with van der Waals surface area (Å²) < 4.78 is 27.1. The van der Waals surface area contributed by atoms with Crippen LogP contribution >= 0.6 is 22.6 Å². The predicted octanol–water partition coefficient (Wildman–Crippen LogP) is 1.31. The van der Waals surface area contributed by atoms with Crippen LogP contribution in [0, 0.1) is 3.57 Å². The molecule has 0 spiro atoms. The Morgan fingerprint density at radius 2 is 2.10 bits per heavy atom. The molecule has 1 aliphatic heterocycles. The summed E-state index contributed by atoms with van der Waals surface area (Å²) in [7, 11) is 0.212. The fourth-order valence-electron chi connectivity index (χ4n) is 2.33. The topological polar surface area (TPSA) is 77.9 Å². The fraction of sp³-hybridized carbons (Fsp3) is 0.462. The van der Waals surface area contributed by atoms with Crippen molar-refractivity contribution in [2.24, 2.45) is 0 Å². The number of carboxylic acids is 1. The Hall–Kier alpha value is -0.710. The molecular weight excluding hydrogens is 407 g/mol. The molecule has 2 rings (SSSR count). The second-order valence-electron chi connectivity index (χ2n) is 5.22. The minimum atomic E-state index is -3.64. The Bertz CT molecular complexity index is 660. The van der Waals surface area contributed by atoms with Crippen LogP contribution in [0.3, 0.4) is 0 Å². The van der Waals surface area contributed by atoms with Crippen LogP contribution in [0.5, 0.6) is 0 Å². The monoisotopic (exact) mass is 424 g/mol. The second-order valence-corrected chi connectivity index (χ2v) is 8.32. The van der Waals surface area contributed by atoms with E-state index in [1.54, 1.807) is 0 Å². The van der Waals surface area contributed by atoms with Gasteiger partial charge >= 0.3 is 5.97 Å². The van der Waals surface area contributed by atoms with Gasteiger partial charge < -0.3 is 10.0 Å². The molecular formula is C13H17IN2O4S. The highest BCUT2D eigenvalue weighted by atomic mass is 127. The second kappa shape index (κ2) is 6.19. The molecule has 1 N–H and O–H groups in total. The van der Waals surface area contributed by atoms with Crippen LogP contribution in [0.2, 0.25) is 0 Å². The van der Waals surface area contributed by atoms with E-state index in [1.807, 2.05) is 41.6 Å². The summed E-state index contributed by atoms with van der Waals surface area (Å²) in [6.07, 6.45) is 0.780. The SMILES string of the molecule is CN(C)C1CCN(S(=O)(=O)c2ccc(I)c(C(=O)O)c2)C1. The van der Waals surface area contributed by atoms with E-state index >= 15 is 0 Å². The molecule has 1 aromatic rings. The Morgan fingerprint density at radius 3 is 2.62 bits per heavy atom. The molecule has 1 heterocycles. The van der Waals surface area contributed by atoms with Gasteiger partial charge in [-0.15, -0.1) is 0 Å². The van der Waals surface area contributed by atoms with Gasteiger partial charge in [0.1, 0.15) is 0 Å². The van der Waals surface area contributed by atoms with Crippen LogP contribution in [-0.4, -0.2) is 61.9 Å². The third-order valence-electron chi connectivity index (χ3n) is 3.66. The van der Waals surface area contributed by atoms with Crippen molar-refractivity contribution < 1.29 is 18.3 Å². The van der Waals surface area contributed by atoms with Gasteiger partial charge in [-0.3, -0.25) is 0 Å². The molecule has 1 unspecified atom stereocenters. The normalized spacial score (nSPS) is 20.1. The summed E-state index contributed by atoms with van der Waals surface area (Å²) in [6, 6.07) is 4.42. The van der Waals surface area contributed by atoms with Crippen molar-refractivity contribution in [1.29, 1.82) is 0 Å². The Balaban J connectivity index is 2.33. The number of rotatable bonds is 4. The zero-order valence-electron chi connectivity index (χ0n) is 11.8. The molecule has 0 aromatic heterocycles. The van der Waals surface area contributed by atoms with Crippen LogP contribution in [0.1, 0.15) is 16.8 Å². The van der Waals surface area contributed by atoms with Crippen molar-refractivity contribution in [3.05, 3.63) is 27.3 Å². The molecule has 0 aliphatic carbocycles. The number of likely N-dealkylation sites (N-methyl/N-ethyl adjacent to an activating group) is 1. The lowest BCUT2D eigenvalue weighted by molar-refractivity contribution is 0.0695. The van der Waals surface area contributed by atoms with E-state index in [9.17, 15) is 13.2 Å². The maximum absolute atomic E-state index is 12.6. The Labute approximate surface area is 137 Å². The molecule has 0 bridgehead atoms. The zero-order chi connectivity index (χ0) is 15.8. The molecule has 1 fully saturated rings. The number of nitrogens with zero attached hydrogens (tertiary/aromatic N) is 2. The minimum Gasteiger partial charge on any atom is -0.478 e. The summed E-state index contributed by atoms with van der Waals surface area (Å²) in [4.78, 5) is 13.2. The van der Waals surface area contributed by atoms with Gasteiger partial charge in [-0.2, -0.15) is 4.31 Å². The number of sulfonamides is 1. The molecule has 116 valence electrons. The van der Waals surface area contributed by atoms with E-state index in [4.69, 9.17) is 5.11 Å². The quantitative estimate of drug-likeness (QED) is 0.738. The van der Waals surface area contributed by atoms with E-state index in [2.05, 4.69) is 0 Å². The first-order valence-corrected chi connectivity index (χ1v) is 8.95. The molecule has 1 saturated heterocycles. The standard InChI is InChI=1S/C13H17IN2O4S/c1-15(2)9-5-6-16(8-9)21(19,20)10-3-4-12(14)11(7-10)13(17)18/h3-4,7,9H,5-6,8H2,1-2H3,(H,17,18). The van der Waals surface area contributed by atoms with Crippen molar-refractivity contribution >= 4 is 38.6 Å². The smallest absolute Gasteiger partial charge is 0.336 e. The van der Waals surface area contributed by atoms with E-state index in [-0.39, 0.29) is 16.5 Å². The highest BCUT2D eigenvalue weighted by molar-refractivity contribution is 14.1. The van der Waals surface area contributed by atoms with Gasteiger partial charge in [0.15, 0.2) is 0 Å². The van der Waals surface area contributed by atoms with E-state index < -0.39 is 16.0 Å². The summed E-state index contributed by atoms with van der Waals surface area (Å²) in [6.45, 7) is 0.892. The average molecular weight is 424 g/mol. The van der Waals surface area contributed by atoms with Gasteiger partial charge in [-0.1, -0.05) is 0 Å². The molecule has 0 saturated carbocycles. The first-order valence-electron chi connectivity index (χ1n) is 6.43. The summed E-state index contributed by atoms with van der Waals surface area (Å²) in [5, 5.41) is 9.12. The average Bonchev–Trinajstić information content (AvgIpc) is 2.89. The van der Waals surface area contributed by atoms with E-state index in [0.29, 0.717) is 16.7 Å². The minimum absolute atomic E-state index is 0.0139. The third kappa shape index (κ3) is 3.38. The molecule has 6 nitrogen and oxygen atoms in total. The van der Waals surface area contributed by atoms with Gasteiger partial charge in [-0.05, 0) is 61.3 Å². The number of aromatic carboxylic acids is 1. The molecule has 0 amide bonds. The summed E-state index contributed by atoms with van der Waals surface area (Å²) in [5.74, 6) is -1.12. The first-order chi connectivity index (χ1) is 9.73. The molecule has 8 heteroatoms. The fourth-order valence-corrected chi connectivity index (χ4v) is 4.41. The van der Waals surface area contributed by atoms with Gasteiger partial charge in [-0.25, -0.2) is 13.2 Å². The van der Waals surface area contributed by atoms with Gasteiger partial charge in [0.05, 0.1) is 10.5 Å². The highest BCUT2D eigenvalue weighted by Crippen LogP contribution is 2.25. The van der Waals surface area contributed by atoms with Crippen molar-refractivity contribution in [2.45, 2.75) is 17.4 Å². The van der Waals surface area contributed by atoms with Gasteiger partial charge in [0, 0.05) is 22.7 Å². The molecule has 1 aliphatic rings. The number of hydrogen-bond acceptors (Lipinski definition) is 4. The number of carbonyl (C=O) groups is 1. The lowest BCUT2D eigenvalue weighted by Crippen LogP contribution is -2.34. The maximum atomic E-state index is 12.6. The van der Waals surface area contributed by atoms with Crippen LogP contribution in [0.25, 0.3) is 0 Å². The lowest BCUT2D eigenvalue weighted by atomic mass is 10.2. The Kier molecular flexibility index (Phi) is 4.91. The van der Waals surface area contributed by atoms with Gasteiger partial charge in [0.25, 0.3) is 0 Å². The molecule has 1 atom stereocenters. The number of benzene rings is 1. The molecule has 1 aromatic carbocycles. The van der Waals surface area contributed by atoms with Crippen LogP contribution in [0.15, 0.2) is 23.1 Å². The first kappa shape index (κ1) is 16.7. The summed E-state index contributed by atoms with van der Waals surface area (Å²) in [5.41, 5.74) is 0.0139. The number of halogens is 1. The lowest BCUT2D eigenvalue weighted by Gasteiger charge is -2.20. The number of hydrogen-bond donors (Lipinski definition) is 1. The van der Waals surface area contributed by atoms with E-state index in [1.165, 1.54) is 22.5 Å². The molecule has 0 radical (unpaired) electrons. The largest absolute Gasteiger partial charge is 0.478 e. The van der Waals surface area contributed by atoms with Crippen molar-refractivity contribution in [3.63, 3.8) is 0 Å². The Morgan fingerprint density at radius 1 is 1.43 bits per heavy atom. The highest BCUT2D eigenvalue weighted by Gasteiger charge is 2.33. The van der Waals surface area contributed by atoms with E-state index in [0.717, 1.165) is 6.42 Å².